The van der Waals surface area contributed by atoms with Gasteiger partial charge in [-0.15, -0.1) is 11.3 Å². The highest BCUT2D eigenvalue weighted by Crippen LogP contribution is 2.17. The van der Waals surface area contributed by atoms with E-state index in [-0.39, 0.29) is 11.9 Å². The maximum atomic E-state index is 11.7. The largest absolute Gasteiger partial charge is 0.350 e. The minimum absolute atomic E-state index is 0.00913. The Kier molecular flexibility index (Phi) is 7.32. The molecular weight excluding hydrogens is 312 g/mol. The standard InChI is InChI=1S/C16H26N4O2S/c1-12-19-14(11-23-12)10-18-15(21)8-5-9-17-16(22)20-13-6-3-2-4-7-13/h11,13H,2-10H2,1H3,(H,18,21)(H2,17,20,22). The Labute approximate surface area is 141 Å². The van der Waals surface area contributed by atoms with Crippen molar-refractivity contribution in [2.45, 2.75) is 64.5 Å². The number of nitrogens with zero attached hydrogens (tertiary/aromatic N) is 1. The summed E-state index contributed by atoms with van der Waals surface area (Å²) in [7, 11) is 0. The first-order chi connectivity index (χ1) is 11.1. The molecular formula is C16H26N4O2S. The van der Waals surface area contributed by atoms with Crippen molar-refractivity contribution in [3.05, 3.63) is 16.1 Å². The van der Waals surface area contributed by atoms with Crippen molar-refractivity contribution in [2.75, 3.05) is 6.54 Å². The number of carbonyl (C=O) groups is 2. The molecule has 23 heavy (non-hydrogen) atoms. The number of amides is 3. The molecule has 0 spiro atoms. The molecule has 0 saturated heterocycles. The Morgan fingerprint density at radius 2 is 2.04 bits per heavy atom. The number of carbonyl (C=O) groups excluding carboxylic acids is 2. The topological polar surface area (TPSA) is 83.1 Å². The van der Waals surface area contributed by atoms with Gasteiger partial charge in [0, 0.05) is 24.4 Å². The summed E-state index contributed by atoms with van der Waals surface area (Å²) in [5, 5.41) is 11.6. The molecule has 1 heterocycles. The lowest BCUT2D eigenvalue weighted by Gasteiger charge is -2.22. The van der Waals surface area contributed by atoms with Crippen LogP contribution in [0.2, 0.25) is 0 Å². The lowest BCUT2D eigenvalue weighted by atomic mass is 9.96. The third kappa shape index (κ3) is 6.99. The van der Waals surface area contributed by atoms with Gasteiger partial charge in [-0.05, 0) is 26.2 Å². The lowest BCUT2D eigenvalue weighted by molar-refractivity contribution is -0.121. The van der Waals surface area contributed by atoms with Crippen LogP contribution in [0.25, 0.3) is 0 Å². The van der Waals surface area contributed by atoms with E-state index in [0.717, 1.165) is 23.5 Å². The van der Waals surface area contributed by atoms with Crippen LogP contribution in [0.15, 0.2) is 5.38 Å². The first-order valence-electron chi connectivity index (χ1n) is 8.35. The molecule has 0 bridgehead atoms. The Balaban J connectivity index is 1.50. The van der Waals surface area contributed by atoms with Crippen molar-refractivity contribution in [1.82, 2.24) is 20.9 Å². The van der Waals surface area contributed by atoms with Gasteiger partial charge in [0.05, 0.1) is 17.2 Å². The van der Waals surface area contributed by atoms with Crippen molar-refractivity contribution in [3.8, 4) is 0 Å². The molecule has 1 fully saturated rings. The van der Waals surface area contributed by atoms with Gasteiger partial charge in [0.2, 0.25) is 5.91 Å². The summed E-state index contributed by atoms with van der Waals surface area (Å²) in [5.74, 6) is -0.00913. The van der Waals surface area contributed by atoms with Crippen LogP contribution < -0.4 is 16.0 Å². The van der Waals surface area contributed by atoms with Crippen molar-refractivity contribution in [3.63, 3.8) is 0 Å². The number of urea groups is 1. The molecule has 6 nitrogen and oxygen atoms in total. The van der Waals surface area contributed by atoms with Gasteiger partial charge in [0.25, 0.3) is 0 Å². The predicted octanol–water partition coefficient (Wildman–Crippen LogP) is 2.48. The molecule has 7 heteroatoms. The summed E-state index contributed by atoms with van der Waals surface area (Å²) in [4.78, 5) is 27.8. The fraction of sp³-hybridized carbons (Fsp3) is 0.688. The van der Waals surface area contributed by atoms with Crippen molar-refractivity contribution in [2.24, 2.45) is 0 Å². The van der Waals surface area contributed by atoms with Crippen LogP contribution in [0, 0.1) is 6.92 Å². The fourth-order valence-corrected chi connectivity index (χ4v) is 3.31. The highest BCUT2D eigenvalue weighted by Gasteiger charge is 2.15. The molecule has 0 aromatic carbocycles. The average Bonchev–Trinajstić information content (AvgIpc) is 2.96. The highest BCUT2D eigenvalue weighted by atomic mass is 32.1. The minimum atomic E-state index is -0.116. The number of rotatable bonds is 7. The molecule has 1 aliphatic carbocycles. The number of aryl methyl sites for hydroxylation is 1. The van der Waals surface area contributed by atoms with E-state index >= 15 is 0 Å². The molecule has 3 N–H and O–H groups in total. The van der Waals surface area contributed by atoms with Crippen LogP contribution >= 0.6 is 11.3 Å². The Hall–Kier alpha value is -1.63. The number of thiazole rings is 1. The number of hydrogen-bond donors (Lipinski definition) is 3. The monoisotopic (exact) mass is 338 g/mol. The predicted molar refractivity (Wildman–Crippen MR) is 91.3 cm³/mol. The highest BCUT2D eigenvalue weighted by molar-refractivity contribution is 7.09. The number of hydrogen-bond acceptors (Lipinski definition) is 4. The van der Waals surface area contributed by atoms with E-state index < -0.39 is 0 Å². The van der Waals surface area contributed by atoms with Crippen LogP contribution in [-0.2, 0) is 11.3 Å². The fourth-order valence-electron chi connectivity index (χ4n) is 2.70. The molecule has 0 atom stereocenters. The summed E-state index contributed by atoms with van der Waals surface area (Å²) in [5.41, 5.74) is 0.894. The lowest BCUT2D eigenvalue weighted by Crippen LogP contribution is -2.43. The molecule has 1 saturated carbocycles. The quantitative estimate of drug-likeness (QED) is 0.668. The zero-order valence-electron chi connectivity index (χ0n) is 13.7. The van der Waals surface area contributed by atoms with Gasteiger partial charge >= 0.3 is 6.03 Å². The molecule has 0 aliphatic heterocycles. The second-order valence-electron chi connectivity index (χ2n) is 5.97. The first kappa shape index (κ1) is 17.7. The first-order valence-corrected chi connectivity index (χ1v) is 9.23. The maximum Gasteiger partial charge on any atom is 0.315 e. The van der Waals surface area contributed by atoms with E-state index in [4.69, 9.17) is 0 Å². The van der Waals surface area contributed by atoms with E-state index in [1.165, 1.54) is 19.3 Å². The third-order valence-electron chi connectivity index (χ3n) is 3.94. The Morgan fingerprint density at radius 1 is 1.26 bits per heavy atom. The summed E-state index contributed by atoms with van der Waals surface area (Å²) in [6, 6.07) is 0.198. The van der Waals surface area contributed by atoms with E-state index in [0.29, 0.717) is 32.0 Å². The van der Waals surface area contributed by atoms with Gasteiger partial charge in [-0.3, -0.25) is 4.79 Å². The number of aromatic nitrogens is 1. The molecule has 1 aliphatic rings. The average molecular weight is 338 g/mol. The van der Waals surface area contributed by atoms with Crippen LogP contribution in [0.3, 0.4) is 0 Å². The second kappa shape index (κ2) is 9.50. The molecule has 2 rings (SSSR count). The van der Waals surface area contributed by atoms with E-state index in [1.807, 2.05) is 12.3 Å². The van der Waals surface area contributed by atoms with E-state index in [9.17, 15) is 9.59 Å². The van der Waals surface area contributed by atoms with Gasteiger partial charge in [0.15, 0.2) is 0 Å². The van der Waals surface area contributed by atoms with Gasteiger partial charge in [-0.1, -0.05) is 19.3 Å². The van der Waals surface area contributed by atoms with Gasteiger partial charge in [-0.25, -0.2) is 9.78 Å². The van der Waals surface area contributed by atoms with Crippen LogP contribution in [0.1, 0.15) is 55.6 Å². The van der Waals surface area contributed by atoms with Crippen molar-refractivity contribution >= 4 is 23.3 Å². The van der Waals surface area contributed by atoms with Crippen LogP contribution in [-0.4, -0.2) is 29.5 Å². The number of nitrogens with one attached hydrogen (secondary N) is 3. The van der Waals surface area contributed by atoms with E-state index in [1.54, 1.807) is 11.3 Å². The van der Waals surface area contributed by atoms with Gasteiger partial charge < -0.3 is 16.0 Å². The van der Waals surface area contributed by atoms with Gasteiger partial charge in [0.1, 0.15) is 0 Å². The van der Waals surface area contributed by atoms with Gasteiger partial charge in [-0.2, -0.15) is 0 Å². The zero-order chi connectivity index (χ0) is 16.5. The van der Waals surface area contributed by atoms with Crippen molar-refractivity contribution in [1.29, 1.82) is 0 Å². The van der Waals surface area contributed by atoms with Crippen LogP contribution in [0.5, 0.6) is 0 Å². The second-order valence-corrected chi connectivity index (χ2v) is 7.04. The summed E-state index contributed by atoms with van der Waals surface area (Å²) in [6.07, 6.45) is 6.87. The summed E-state index contributed by atoms with van der Waals surface area (Å²) in [6.45, 7) is 2.93. The van der Waals surface area contributed by atoms with Crippen molar-refractivity contribution < 1.29 is 9.59 Å². The molecule has 0 radical (unpaired) electrons. The molecule has 0 unspecified atom stereocenters. The SMILES string of the molecule is Cc1nc(CNC(=O)CCCNC(=O)NC2CCCCC2)cs1. The summed E-state index contributed by atoms with van der Waals surface area (Å²) >= 11 is 1.58. The maximum absolute atomic E-state index is 11.7. The van der Waals surface area contributed by atoms with Crippen LogP contribution in [0.4, 0.5) is 4.79 Å². The molecule has 1 aromatic heterocycles. The minimum Gasteiger partial charge on any atom is -0.350 e. The Bertz CT molecular complexity index is 512. The summed E-state index contributed by atoms with van der Waals surface area (Å²) < 4.78 is 0. The third-order valence-corrected chi connectivity index (χ3v) is 4.76. The zero-order valence-corrected chi connectivity index (χ0v) is 14.5. The molecule has 1 aromatic rings. The Morgan fingerprint density at radius 3 is 2.74 bits per heavy atom. The normalized spacial score (nSPS) is 15.2. The molecule has 3 amide bonds. The smallest absolute Gasteiger partial charge is 0.315 e. The molecule has 128 valence electrons. The van der Waals surface area contributed by atoms with E-state index in [2.05, 4.69) is 20.9 Å².